The molecule has 0 saturated carbocycles. The van der Waals surface area contributed by atoms with Gasteiger partial charge in [-0.3, -0.25) is 0 Å². The molecule has 33 heavy (non-hydrogen) atoms. The molecule has 0 aliphatic heterocycles. The third kappa shape index (κ3) is 5.00. The number of aliphatic carboxylic acids is 1. The van der Waals surface area contributed by atoms with Crippen molar-refractivity contribution in [3.8, 4) is 16.9 Å². The summed E-state index contributed by atoms with van der Waals surface area (Å²) in [4.78, 5) is 13.4. The van der Waals surface area contributed by atoms with E-state index in [0.717, 1.165) is 11.3 Å². The standard InChI is InChI=1S/C27H29F2NO3/c1-15(2)26(27(31)32)33-23-11-10-16(3)25(18(23)5)30(6)22-14-20(12-17(4)24(22)29)19-8-7-9-21(28)13-19/h7-15,26H,1-6H3,(H,31,32). The predicted octanol–water partition coefficient (Wildman–Crippen LogP) is 6.81. The van der Waals surface area contributed by atoms with Crippen molar-refractivity contribution in [3.63, 3.8) is 0 Å². The zero-order chi connectivity index (χ0) is 24.4. The zero-order valence-electron chi connectivity index (χ0n) is 19.7. The Kier molecular flexibility index (Phi) is 7.06. The van der Waals surface area contributed by atoms with Crippen LogP contribution in [0, 0.1) is 38.3 Å². The SMILES string of the molecule is Cc1cc(-c2cccc(F)c2)cc(N(C)c2c(C)ccc(OC(C(=O)O)C(C)C)c2C)c1F. The van der Waals surface area contributed by atoms with Gasteiger partial charge < -0.3 is 14.7 Å². The number of carbonyl (C=O) groups is 1. The maximum absolute atomic E-state index is 15.3. The van der Waals surface area contributed by atoms with E-state index in [2.05, 4.69) is 0 Å². The van der Waals surface area contributed by atoms with Crippen molar-refractivity contribution in [3.05, 3.63) is 76.9 Å². The van der Waals surface area contributed by atoms with Crippen LogP contribution in [0.15, 0.2) is 48.5 Å². The number of carboxylic acids is 1. The van der Waals surface area contributed by atoms with Gasteiger partial charge in [-0.05, 0) is 73.4 Å². The van der Waals surface area contributed by atoms with E-state index >= 15 is 4.39 Å². The Hall–Kier alpha value is -3.41. The molecule has 1 unspecified atom stereocenters. The second-order valence-corrected chi connectivity index (χ2v) is 8.67. The number of rotatable bonds is 7. The van der Waals surface area contributed by atoms with Crippen LogP contribution in [0.4, 0.5) is 20.2 Å². The number of anilines is 2. The summed E-state index contributed by atoms with van der Waals surface area (Å²) >= 11 is 0. The van der Waals surface area contributed by atoms with E-state index in [9.17, 15) is 14.3 Å². The molecule has 6 heteroatoms. The van der Waals surface area contributed by atoms with Crippen LogP contribution in [0.3, 0.4) is 0 Å². The largest absolute Gasteiger partial charge is 0.478 e. The fraction of sp³-hybridized carbons (Fsp3) is 0.296. The third-order valence-electron chi connectivity index (χ3n) is 5.78. The summed E-state index contributed by atoms with van der Waals surface area (Å²) in [6.07, 6.45) is -1.00. The van der Waals surface area contributed by atoms with Crippen LogP contribution in [-0.4, -0.2) is 24.2 Å². The summed E-state index contributed by atoms with van der Waals surface area (Å²) in [6.45, 7) is 8.97. The molecule has 0 radical (unpaired) electrons. The highest BCUT2D eigenvalue weighted by Crippen LogP contribution is 2.39. The maximum Gasteiger partial charge on any atom is 0.345 e. The van der Waals surface area contributed by atoms with E-state index in [0.29, 0.717) is 33.7 Å². The summed E-state index contributed by atoms with van der Waals surface area (Å²) in [5, 5.41) is 9.52. The Morgan fingerprint density at radius 2 is 1.67 bits per heavy atom. The van der Waals surface area contributed by atoms with Crippen molar-refractivity contribution in [1.82, 2.24) is 0 Å². The molecule has 174 valence electrons. The van der Waals surface area contributed by atoms with Gasteiger partial charge in [0.25, 0.3) is 0 Å². The number of aryl methyl sites for hydroxylation is 2. The van der Waals surface area contributed by atoms with Crippen LogP contribution >= 0.6 is 0 Å². The van der Waals surface area contributed by atoms with Crippen LogP contribution in [0.5, 0.6) is 5.75 Å². The Bertz CT molecular complexity index is 1190. The average molecular weight is 454 g/mol. The number of benzene rings is 3. The van der Waals surface area contributed by atoms with E-state index in [-0.39, 0.29) is 17.6 Å². The van der Waals surface area contributed by atoms with Crippen LogP contribution in [0.2, 0.25) is 0 Å². The number of nitrogens with zero attached hydrogens (tertiary/aromatic N) is 1. The van der Waals surface area contributed by atoms with Gasteiger partial charge in [-0.1, -0.05) is 32.0 Å². The monoisotopic (exact) mass is 453 g/mol. The molecule has 4 nitrogen and oxygen atoms in total. The summed E-state index contributed by atoms with van der Waals surface area (Å²) < 4.78 is 34.9. The second-order valence-electron chi connectivity index (χ2n) is 8.67. The molecule has 3 rings (SSSR count). The number of ether oxygens (including phenoxy) is 1. The minimum atomic E-state index is -1.04. The van der Waals surface area contributed by atoms with E-state index in [1.165, 1.54) is 12.1 Å². The van der Waals surface area contributed by atoms with E-state index < -0.39 is 12.1 Å². The lowest BCUT2D eigenvalue weighted by molar-refractivity contribution is -0.147. The maximum atomic E-state index is 15.3. The van der Waals surface area contributed by atoms with Gasteiger partial charge in [0.1, 0.15) is 17.4 Å². The fourth-order valence-electron chi connectivity index (χ4n) is 4.02. The van der Waals surface area contributed by atoms with Crippen molar-refractivity contribution in [2.45, 2.75) is 40.7 Å². The molecule has 3 aromatic carbocycles. The first-order chi connectivity index (χ1) is 15.5. The number of carboxylic acid groups (broad SMARTS) is 1. The quantitative estimate of drug-likeness (QED) is 0.427. The van der Waals surface area contributed by atoms with Gasteiger partial charge in [-0.25, -0.2) is 13.6 Å². The van der Waals surface area contributed by atoms with E-state index in [1.807, 2.05) is 19.9 Å². The first-order valence-electron chi connectivity index (χ1n) is 10.8. The Labute approximate surface area is 193 Å². The highest BCUT2D eigenvalue weighted by molar-refractivity contribution is 5.77. The Balaban J connectivity index is 2.10. The van der Waals surface area contributed by atoms with Gasteiger partial charge >= 0.3 is 5.97 Å². The van der Waals surface area contributed by atoms with Crippen molar-refractivity contribution in [2.24, 2.45) is 5.92 Å². The van der Waals surface area contributed by atoms with Gasteiger partial charge in [0, 0.05) is 18.5 Å². The molecule has 0 aliphatic carbocycles. The highest BCUT2D eigenvalue weighted by Gasteiger charge is 2.26. The topological polar surface area (TPSA) is 49.8 Å². The number of halogens is 2. The Morgan fingerprint density at radius 1 is 0.970 bits per heavy atom. The number of hydrogen-bond donors (Lipinski definition) is 1. The average Bonchev–Trinajstić information content (AvgIpc) is 2.74. The van der Waals surface area contributed by atoms with Gasteiger partial charge in [-0.15, -0.1) is 0 Å². The van der Waals surface area contributed by atoms with Gasteiger partial charge in [0.05, 0.1) is 11.4 Å². The summed E-state index contributed by atoms with van der Waals surface area (Å²) in [7, 11) is 1.75. The third-order valence-corrected chi connectivity index (χ3v) is 5.78. The van der Waals surface area contributed by atoms with Gasteiger partial charge in [0.15, 0.2) is 6.10 Å². The lowest BCUT2D eigenvalue weighted by Gasteiger charge is -2.28. The van der Waals surface area contributed by atoms with E-state index in [4.69, 9.17) is 4.74 Å². The second kappa shape index (κ2) is 9.61. The van der Waals surface area contributed by atoms with Crippen LogP contribution in [-0.2, 0) is 4.79 Å². The van der Waals surface area contributed by atoms with Crippen LogP contribution in [0.25, 0.3) is 11.1 Å². The molecule has 1 N–H and O–H groups in total. The highest BCUT2D eigenvalue weighted by atomic mass is 19.1. The van der Waals surface area contributed by atoms with Crippen LogP contribution < -0.4 is 9.64 Å². The van der Waals surface area contributed by atoms with Gasteiger partial charge in [-0.2, -0.15) is 0 Å². The molecule has 0 spiro atoms. The molecule has 0 aliphatic rings. The molecule has 0 aromatic heterocycles. The Morgan fingerprint density at radius 3 is 2.27 bits per heavy atom. The van der Waals surface area contributed by atoms with E-state index in [1.54, 1.807) is 63.1 Å². The summed E-state index contributed by atoms with van der Waals surface area (Å²) in [6, 6.07) is 13.1. The van der Waals surface area contributed by atoms with Crippen molar-refractivity contribution in [1.29, 1.82) is 0 Å². The minimum absolute atomic E-state index is 0.229. The lowest BCUT2D eigenvalue weighted by Crippen LogP contribution is -2.32. The predicted molar refractivity (Wildman–Crippen MR) is 127 cm³/mol. The first kappa shape index (κ1) is 24.2. The smallest absolute Gasteiger partial charge is 0.345 e. The van der Waals surface area contributed by atoms with Crippen LogP contribution in [0.1, 0.15) is 30.5 Å². The van der Waals surface area contributed by atoms with Crippen molar-refractivity contribution < 1.29 is 23.4 Å². The summed E-state index contributed by atoms with van der Waals surface area (Å²) in [5.74, 6) is -1.58. The lowest BCUT2D eigenvalue weighted by atomic mass is 10.00. The molecule has 0 heterocycles. The number of hydrogen-bond acceptors (Lipinski definition) is 3. The summed E-state index contributed by atoms with van der Waals surface area (Å²) in [5.41, 5.74) is 4.42. The first-order valence-corrected chi connectivity index (χ1v) is 10.8. The fourth-order valence-corrected chi connectivity index (χ4v) is 4.02. The molecule has 0 saturated heterocycles. The molecule has 0 fully saturated rings. The molecular formula is C27H29F2NO3. The van der Waals surface area contributed by atoms with Crippen molar-refractivity contribution >= 4 is 17.3 Å². The molecule has 0 bridgehead atoms. The normalized spacial score (nSPS) is 12.0. The zero-order valence-corrected chi connectivity index (χ0v) is 19.7. The molecule has 3 aromatic rings. The molecule has 1 atom stereocenters. The van der Waals surface area contributed by atoms with Gasteiger partial charge in [0.2, 0.25) is 0 Å². The molecular weight excluding hydrogens is 424 g/mol. The minimum Gasteiger partial charge on any atom is -0.478 e. The van der Waals surface area contributed by atoms with Crippen molar-refractivity contribution in [2.75, 3.05) is 11.9 Å². The molecule has 0 amide bonds.